The first-order chi connectivity index (χ1) is 16.9. The van der Waals surface area contributed by atoms with Gasteiger partial charge < -0.3 is 9.55 Å². The number of benzene rings is 6. The number of aromatic amines is 1. The third-order valence-corrected chi connectivity index (χ3v) is 7.32. The van der Waals surface area contributed by atoms with E-state index in [0.29, 0.717) is 0 Å². The summed E-state index contributed by atoms with van der Waals surface area (Å²) >= 11 is 0. The highest BCUT2D eigenvalue weighted by Gasteiger charge is 2.19. The first-order valence-electron chi connectivity index (χ1n) is 11.7. The molecular weight excluding hydrogens is 412 g/mol. The molecule has 0 bridgehead atoms. The average Bonchev–Trinajstić information content (AvgIpc) is 3.53. The third kappa shape index (κ3) is 2.20. The summed E-state index contributed by atoms with van der Waals surface area (Å²) in [4.78, 5) is 3.90. The van der Waals surface area contributed by atoms with E-state index in [1.165, 1.54) is 70.7 Å². The lowest BCUT2D eigenvalue weighted by Gasteiger charge is -2.10. The fourth-order valence-corrected chi connectivity index (χ4v) is 5.93. The van der Waals surface area contributed by atoms with Gasteiger partial charge in [-0.15, -0.1) is 0 Å². The maximum atomic E-state index is 3.90. The smallest absolute Gasteiger partial charge is 0.0628 e. The van der Waals surface area contributed by atoms with Gasteiger partial charge in [0.1, 0.15) is 0 Å². The Hall–Kier alpha value is -4.56. The van der Waals surface area contributed by atoms with Gasteiger partial charge >= 0.3 is 0 Å². The molecule has 2 nitrogen and oxygen atoms in total. The van der Waals surface area contributed by atoms with Gasteiger partial charge in [-0.1, -0.05) is 91.0 Å². The van der Waals surface area contributed by atoms with E-state index < -0.39 is 0 Å². The largest absolute Gasteiger partial charge is 0.353 e. The van der Waals surface area contributed by atoms with Crippen LogP contribution in [0.3, 0.4) is 0 Å². The molecule has 0 atom stereocenters. The quantitative estimate of drug-likeness (QED) is 0.250. The number of hydrogen-bond donors (Lipinski definition) is 1. The van der Waals surface area contributed by atoms with E-state index in [2.05, 4.69) is 125 Å². The van der Waals surface area contributed by atoms with Gasteiger partial charge in [-0.05, 0) is 39.7 Å². The fraction of sp³-hybridized carbons (Fsp3) is 0. The predicted octanol–water partition coefficient (Wildman–Crippen LogP) is 8.72. The van der Waals surface area contributed by atoms with Crippen molar-refractivity contribution in [3.05, 3.63) is 115 Å². The van der Waals surface area contributed by atoms with Gasteiger partial charge in [0, 0.05) is 38.8 Å². The lowest BCUT2D eigenvalue weighted by Crippen LogP contribution is -1.92. The van der Waals surface area contributed by atoms with Crippen molar-refractivity contribution in [3.63, 3.8) is 0 Å². The minimum atomic E-state index is 1.18. The Morgan fingerprint density at radius 3 is 1.62 bits per heavy atom. The highest BCUT2D eigenvalue weighted by atomic mass is 15.0. The van der Waals surface area contributed by atoms with Crippen molar-refractivity contribution in [2.75, 3.05) is 0 Å². The Labute approximate surface area is 195 Å². The fourth-order valence-electron chi connectivity index (χ4n) is 5.93. The molecule has 2 heterocycles. The lowest BCUT2D eigenvalue weighted by atomic mass is 9.94. The van der Waals surface area contributed by atoms with Gasteiger partial charge in [0.2, 0.25) is 0 Å². The Morgan fingerprint density at radius 2 is 0.912 bits per heavy atom. The molecule has 0 fully saturated rings. The molecule has 0 radical (unpaired) electrons. The van der Waals surface area contributed by atoms with E-state index in [4.69, 9.17) is 0 Å². The molecule has 1 N–H and O–H groups in total. The minimum absolute atomic E-state index is 1.18. The second-order valence-corrected chi connectivity index (χ2v) is 9.05. The van der Waals surface area contributed by atoms with Crippen LogP contribution in [0.2, 0.25) is 0 Å². The van der Waals surface area contributed by atoms with Crippen molar-refractivity contribution in [1.82, 2.24) is 9.55 Å². The Morgan fingerprint density at radius 1 is 0.412 bits per heavy atom. The lowest BCUT2D eigenvalue weighted by molar-refractivity contribution is 1.13. The van der Waals surface area contributed by atoms with Crippen LogP contribution in [0.25, 0.3) is 70.7 Å². The maximum absolute atomic E-state index is 3.90. The first kappa shape index (κ1) is 17.9. The summed E-state index contributed by atoms with van der Waals surface area (Å²) in [5.41, 5.74) is 4.85. The number of rotatable bonds is 1. The molecule has 8 aromatic rings. The highest BCUT2D eigenvalue weighted by Crippen LogP contribution is 2.44. The number of hydrogen-bond acceptors (Lipinski definition) is 0. The van der Waals surface area contributed by atoms with Crippen LogP contribution in [0.5, 0.6) is 0 Å². The summed E-state index contributed by atoms with van der Waals surface area (Å²) < 4.78 is 2.32. The molecule has 6 aromatic carbocycles. The zero-order valence-electron chi connectivity index (χ0n) is 18.4. The van der Waals surface area contributed by atoms with Gasteiger partial charge in [-0.2, -0.15) is 0 Å². The summed E-state index contributed by atoms with van der Waals surface area (Å²) in [5.74, 6) is 0. The average molecular weight is 433 g/mol. The van der Waals surface area contributed by atoms with Crippen LogP contribution in [0.15, 0.2) is 115 Å². The number of nitrogens with one attached hydrogen (secondary N) is 1. The zero-order chi connectivity index (χ0) is 22.2. The second-order valence-electron chi connectivity index (χ2n) is 9.05. The summed E-state index contributed by atoms with van der Waals surface area (Å²) in [6.45, 7) is 0. The topological polar surface area (TPSA) is 20.7 Å². The highest BCUT2D eigenvalue weighted by molar-refractivity contribution is 6.39. The predicted molar refractivity (Wildman–Crippen MR) is 145 cm³/mol. The Kier molecular flexibility index (Phi) is 3.42. The van der Waals surface area contributed by atoms with Crippen molar-refractivity contribution >= 4 is 65.0 Å². The van der Waals surface area contributed by atoms with Crippen LogP contribution in [0.4, 0.5) is 0 Å². The number of H-pyrrole nitrogens is 1. The third-order valence-electron chi connectivity index (χ3n) is 7.32. The summed E-state index contributed by atoms with van der Waals surface area (Å²) in [6, 6.07) is 39.3. The molecule has 2 heteroatoms. The van der Waals surface area contributed by atoms with Gasteiger partial charge in [0.05, 0.1) is 16.6 Å². The number of para-hydroxylation sites is 1. The van der Waals surface area contributed by atoms with E-state index in [0.717, 1.165) is 0 Å². The van der Waals surface area contributed by atoms with Crippen LogP contribution < -0.4 is 0 Å². The Balaban J connectivity index is 1.70. The molecular formula is C32H20N2. The van der Waals surface area contributed by atoms with Crippen LogP contribution >= 0.6 is 0 Å². The molecule has 8 rings (SSSR count). The van der Waals surface area contributed by atoms with Gasteiger partial charge in [-0.3, -0.25) is 0 Å². The SMILES string of the molecule is c1ccc(-n2ccc3c4[nH]c5c6ccccc6c6ccccc6c5c4c4ccccc4c32)cc1. The zero-order valence-corrected chi connectivity index (χ0v) is 18.4. The van der Waals surface area contributed by atoms with Crippen LogP contribution in [-0.4, -0.2) is 9.55 Å². The van der Waals surface area contributed by atoms with E-state index >= 15 is 0 Å². The first-order valence-corrected chi connectivity index (χ1v) is 11.7. The van der Waals surface area contributed by atoms with E-state index in [1.54, 1.807) is 0 Å². The molecule has 2 aromatic heterocycles. The summed E-state index contributed by atoms with van der Waals surface area (Å²) in [6.07, 6.45) is 2.20. The molecule has 0 spiro atoms. The normalized spacial score (nSPS) is 12.1. The van der Waals surface area contributed by atoms with Crippen molar-refractivity contribution in [2.45, 2.75) is 0 Å². The maximum Gasteiger partial charge on any atom is 0.0628 e. The van der Waals surface area contributed by atoms with Crippen LogP contribution in [0, 0.1) is 0 Å². The van der Waals surface area contributed by atoms with Crippen LogP contribution in [-0.2, 0) is 0 Å². The summed E-state index contributed by atoms with van der Waals surface area (Å²) in [5, 5.41) is 11.6. The van der Waals surface area contributed by atoms with Crippen LogP contribution in [0.1, 0.15) is 0 Å². The second kappa shape index (κ2) is 6.49. The molecule has 0 aliphatic heterocycles. The van der Waals surface area contributed by atoms with Gasteiger partial charge in [-0.25, -0.2) is 0 Å². The molecule has 0 unspecified atom stereocenters. The van der Waals surface area contributed by atoms with Gasteiger partial charge in [0.25, 0.3) is 0 Å². The molecule has 0 saturated heterocycles. The van der Waals surface area contributed by atoms with E-state index in [1.807, 2.05) is 0 Å². The molecule has 34 heavy (non-hydrogen) atoms. The van der Waals surface area contributed by atoms with Gasteiger partial charge in [0.15, 0.2) is 0 Å². The molecule has 0 amide bonds. The minimum Gasteiger partial charge on any atom is -0.353 e. The van der Waals surface area contributed by atoms with Crippen molar-refractivity contribution in [3.8, 4) is 5.69 Å². The monoisotopic (exact) mass is 432 g/mol. The molecule has 0 aliphatic carbocycles. The van der Waals surface area contributed by atoms with E-state index in [-0.39, 0.29) is 0 Å². The number of nitrogens with zero attached hydrogens (tertiary/aromatic N) is 1. The number of fused-ring (bicyclic) bond motifs is 13. The number of aromatic nitrogens is 2. The van der Waals surface area contributed by atoms with E-state index in [9.17, 15) is 0 Å². The molecule has 0 saturated carbocycles. The standard InChI is InChI=1S/C32H20N2/c1-2-10-20(11-3-1)34-19-18-27-31-29(24-15-7-9-17-26(24)32(27)34)28-23-14-6-4-12-21(23)22-13-5-8-16-25(22)30(28)33-31/h1-19,33H. The molecule has 158 valence electrons. The van der Waals surface area contributed by atoms with Crippen molar-refractivity contribution in [2.24, 2.45) is 0 Å². The Bertz CT molecular complexity index is 2060. The van der Waals surface area contributed by atoms with Crippen molar-refractivity contribution < 1.29 is 0 Å². The molecule has 0 aliphatic rings. The summed E-state index contributed by atoms with van der Waals surface area (Å²) in [7, 11) is 0. The van der Waals surface area contributed by atoms with Crippen molar-refractivity contribution in [1.29, 1.82) is 0 Å².